The van der Waals surface area contributed by atoms with Gasteiger partial charge in [-0.2, -0.15) is 0 Å². The van der Waals surface area contributed by atoms with Crippen LogP contribution in [0.3, 0.4) is 0 Å². The molecule has 0 N–H and O–H groups in total. The van der Waals surface area contributed by atoms with Crippen molar-refractivity contribution >= 4 is 5.78 Å². The van der Waals surface area contributed by atoms with Crippen molar-refractivity contribution in [1.29, 1.82) is 0 Å². The fourth-order valence-corrected chi connectivity index (χ4v) is 2.26. The molecule has 0 aliphatic heterocycles. The van der Waals surface area contributed by atoms with Crippen LogP contribution < -0.4 is 4.74 Å². The van der Waals surface area contributed by atoms with E-state index in [2.05, 4.69) is 30.9 Å². The molecule has 0 bridgehead atoms. The number of hydrogen-bond donors (Lipinski definition) is 0. The lowest BCUT2D eigenvalue weighted by Crippen LogP contribution is -2.14. The Morgan fingerprint density at radius 2 is 1.96 bits per heavy atom. The molecule has 0 saturated carbocycles. The molecule has 24 heavy (non-hydrogen) atoms. The van der Waals surface area contributed by atoms with Crippen molar-refractivity contribution in [2.45, 2.75) is 53.2 Å². The number of Topliss-reactive ketones (excluding diaryl/α,β-unsaturated/α-hetero) is 1. The first-order chi connectivity index (χ1) is 11.4. The maximum absolute atomic E-state index is 11.6. The van der Waals surface area contributed by atoms with Crippen molar-refractivity contribution in [2.24, 2.45) is 5.41 Å². The smallest absolute Gasteiger partial charge is 0.206 e. The van der Waals surface area contributed by atoms with Gasteiger partial charge < -0.3 is 9.47 Å². The highest BCUT2D eigenvalue weighted by Crippen LogP contribution is 2.23. The fraction of sp³-hybridized carbons (Fsp3) is 0.476. The summed E-state index contributed by atoms with van der Waals surface area (Å²) in [5.41, 5.74) is 0.937. The first-order valence-corrected chi connectivity index (χ1v) is 8.24. The second-order valence-corrected chi connectivity index (χ2v) is 6.57. The molecule has 3 heteroatoms. The summed E-state index contributed by atoms with van der Waals surface area (Å²) in [4.78, 5) is 11.6. The van der Waals surface area contributed by atoms with E-state index < -0.39 is 0 Å². The number of hydrogen-bond acceptors (Lipinski definition) is 3. The Kier molecular flexibility index (Phi) is 8.29. The standard InChI is InChI=1S/C21H28O3/c1-6-8-19(22)15-21(3,4)14-7-9-17(2)24-16-18-10-12-20(23-5)13-11-18/h7,10-14,17H,9,15-16H2,1-5H3/b14-7+/t17-/m1/s1. The third kappa shape index (κ3) is 7.99. The minimum Gasteiger partial charge on any atom is -0.497 e. The van der Waals surface area contributed by atoms with Crippen LogP contribution in [-0.4, -0.2) is 19.0 Å². The van der Waals surface area contributed by atoms with Crippen molar-refractivity contribution in [3.8, 4) is 17.6 Å². The van der Waals surface area contributed by atoms with Gasteiger partial charge in [0.05, 0.1) is 19.8 Å². The van der Waals surface area contributed by atoms with Gasteiger partial charge in [-0.25, -0.2) is 0 Å². The molecule has 0 amide bonds. The quantitative estimate of drug-likeness (QED) is 0.379. The van der Waals surface area contributed by atoms with Crippen molar-refractivity contribution < 1.29 is 14.3 Å². The lowest BCUT2D eigenvalue weighted by Gasteiger charge is -2.18. The van der Waals surface area contributed by atoms with E-state index >= 15 is 0 Å². The summed E-state index contributed by atoms with van der Waals surface area (Å²) in [6.45, 7) is 8.40. The third-order valence-electron chi connectivity index (χ3n) is 3.61. The van der Waals surface area contributed by atoms with Crippen molar-refractivity contribution in [3.63, 3.8) is 0 Å². The van der Waals surface area contributed by atoms with Crippen LogP contribution in [0.4, 0.5) is 0 Å². The molecule has 0 aliphatic carbocycles. The number of benzene rings is 1. The molecule has 0 unspecified atom stereocenters. The van der Waals surface area contributed by atoms with Crippen LogP contribution in [0.15, 0.2) is 36.4 Å². The summed E-state index contributed by atoms with van der Waals surface area (Å²) >= 11 is 0. The van der Waals surface area contributed by atoms with Crippen LogP contribution in [-0.2, 0) is 16.1 Å². The Hall–Kier alpha value is -2.05. The molecular formula is C21H28O3. The maximum atomic E-state index is 11.6. The predicted molar refractivity (Wildman–Crippen MR) is 97.9 cm³/mol. The van der Waals surface area contributed by atoms with Gasteiger partial charge in [0.1, 0.15) is 5.75 Å². The number of carbonyl (C=O) groups excluding carboxylic acids is 1. The van der Waals surface area contributed by atoms with Gasteiger partial charge >= 0.3 is 0 Å². The Labute approximate surface area is 146 Å². The number of methoxy groups -OCH3 is 1. The van der Waals surface area contributed by atoms with E-state index in [0.717, 1.165) is 17.7 Å². The third-order valence-corrected chi connectivity index (χ3v) is 3.61. The fourth-order valence-electron chi connectivity index (χ4n) is 2.26. The predicted octanol–water partition coefficient (Wildman–Crippen LogP) is 4.56. The van der Waals surface area contributed by atoms with Crippen molar-refractivity contribution in [3.05, 3.63) is 42.0 Å². The Morgan fingerprint density at radius 3 is 2.54 bits per heavy atom. The average molecular weight is 328 g/mol. The lowest BCUT2D eigenvalue weighted by atomic mass is 9.86. The highest BCUT2D eigenvalue weighted by Gasteiger charge is 2.17. The molecule has 0 radical (unpaired) electrons. The van der Waals surface area contributed by atoms with Crippen LogP contribution >= 0.6 is 0 Å². The first kappa shape index (κ1) is 20.0. The molecule has 0 aromatic heterocycles. The van der Waals surface area contributed by atoms with Gasteiger partial charge in [0.15, 0.2) is 0 Å². The van der Waals surface area contributed by atoms with Crippen LogP contribution in [0, 0.1) is 17.3 Å². The minimum atomic E-state index is -0.184. The Bertz CT molecular complexity index is 600. The maximum Gasteiger partial charge on any atom is 0.206 e. The van der Waals surface area contributed by atoms with E-state index in [1.807, 2.05) is 38.1 Å². The molecule has 1 rings (SSSR count). The number of allylic oxidation sites excluding steroid dienone is 1. The number of ether oxygens (including phenoxy) is 2. The van der Waals surface area contributed by atoms with Crippen LogP contribution in [0.5, 0.6) is 5.75 Å². The topological polar surface area (TPSA) is 35.5 Å². The molecule has 1 atom stereocenters. The summed E-state index contributed by atoms with van der Waals surface area (Å²) in [5.74, 6) is 6.07. The monoisotopic (exact) mass is 328 g/mol. The van der Waals surface area contributed by atoms with Crippen molar-refractivity contribution in [2.75, 3.05) is 7.11 Å². The number of ketones is 1. The SMILES string of the molecule is CC#CC(=O)CC(C)(C)/C=C/C[C@@H](C)OCc1ccc(OC)cc1. The number of rotatable bonds is 9. The summed E-state index contributed by atoms with van der Waals surface area (Å²) in [5, 5.41) is 0. The second kappa shape index (κ2) is 9.95. The van der Waals surface area contributed by atoms with E-state index in [-0.39, 0.29) is 17.3 Å². The molecule has 0 aliphatic rings. The summed E-state index contributed by atoms with van der Waals surface area (Å²) < 4.78 is 11.0. The van der Waals surface area contributed by atoms with Gasteiger partial charge in [0.2, 0.25) is 5.78 Å². The molecule has 3 nitrogen and oxygen atoms in total. The highest BCUT2D eigenvalue weighted by molar-refractivity contribution is 5.95. The highest BCUT2D eigenvalue weighted by atomic mass is 16.5. The molecule has 0 heterocycles. The van der Waals surface area contributed by atoms with E-state index in [1.165, 1.54) is 0 Å². The zero-order valence-electron chi connectivity index (χ0n) is 15.4. The zero-order chi connectivity index (χ0) is 18.0. The van der Waals surface area contributed by atoms with Gasteiger partial charge in [-0.05, 0) is 49.3 Å². The summed E-state index contributed by atoms with van der Waals surface area (Å²) in [7, 11) is 1.66. The van der Waals surface area contributed by atoms with E-state index in [9.17, 15) is 4.79 Å². The lowest BCUT2D eigenvalue weighted by molar-refractivity contribution is -0.115. The molecule has 0 spiro atoms. The molecular weight excluding hydrogens is 300 g/mol. The summed E-state index contributed by atoms with van der Waals surface area (Å²) in [6, 6.07) is 7.87. The van der Waals surface area contributed by atoms with E-state index in [1.54, 1.807) is 14.0 Å². The molecule has 130 valence electrons. The molecule has 1 aromatic rings. The molecule has 1 aromatic carbocycles. The van der Waals surface area contributed by atoms with Crippen LogP contribution in [0.25, 0.3) is 0 Å². The van der Waals surface area contributed by atoms with Crippen LogP contribution in [0.2, 0.25) is 0 Å². The Morgan fingerprint density at radius 1 is 1.29 bits per heavy atom. The van der Waals surface area contributed by atoms with Gasteiger partial charge in [-0.3, -0.25) is 4.79 Å². The average Bonchev–Trinajstić information content (AvgIpc) is 2.53. The van der Waals surface area contributed by atoms with Gasteiger partial charge in [-0.1, -0.05) is 44.1 Å². The second-order valence-electron chi connectivity index (χ2n) is 6.57. The number of carbonyl (C=O) groups is 1. The normalized spacial score (nSPS) is 12.5. The molecule has 0 saturated heterocycles. The van der Waals surface area contributed by atoms with E-state index in [4.69, 9.17) is 9.47 Å². The minimum absolute atomic E-state index is 0.0176. The van der Waals surface area contributed by atoms with Crippen LogP contribution in [0.1, 0.15) is 46.1 Å². The largest absolute Gasteiger partial charge is 0.497 e. The molecule has 0 fully saturated rings. The Balaban J connectivity index is 2.39. The first-order valence-electron chi connectivity index (χ1n) is 8.24. The van der Waals surface area contributed by atoms with Gasteiger partial charge in [0, 0.05) is 6.42 Å². The van der Waals surface area contributed by atoms with Gasteiger partial charge in [-0.15, -0.1) is 0 Å². The van der Waals surface area contributed by atoms with Gasteiger partial charge in [0.25, 0.3) is 0 Å². The van der Waals surface area contributed by atoms with Crippen molar-refractivity contribution in [1.82, 2.24) is 0 Å². The van der Waals surface area contributed by atoms with E-state index in [0.29, 0.717) is 13.0 Å². The summed E-state index contributed by atoms with van der Waals surface area (Å²) in [6.07, 6.45) is 5.53. The zero-order valence-corrected chi connectivity index (χ0v) is 15.4.